The predicted octanol–water partition coefficient (Wildman–Crippen LogP) is -2.44. The summed E-state index contributed by atoms with van der Waals surface area (Å²) in [6, 6.07) is -1.32. The Morgan fingerprint density at radius 3 is 2.17 bits per heavy atom. The molecule has 0 rings (SSSR count). The first kappa shape index (κ1) is 11.4. The highest BCUT2D eigenvalue weighted by atomic mass is 19.1. The number of carbonyl (C=O) groups excluding carboxylic acids is 1. The third-order valence-electron chi connectivity index (χ3n) is 1.45. The summed E-state index contributed by atoms with van der Waals surface area (Å²) in [5, 5.41) is 26.5. The minimum Gasteiger partial charge on any atom is -0.388 e. The van der Waals surface area contributed by atoms with E-state index in [0.29, 0.717) is 0 Å². The molecule has 0 bridgehead atoms. The number of aliphatic hydroxyl groups is 3. The Balaban J connectivity index is 4.07. The second kappa shape index (κ2) is 5.15. The van der Waals surface area contributed by atoms with Gasteiger partial charge in [-0.1, -0.05) is 0 Å². The van der Waals surface area contributed by atoms with Gasteiger partial charge in [-0.3, -0.25) is 0 Å². The van der Waals surface area contributed by atoms with Crippen LogP contribution in [0.4, 0.5) is 4.39 Å². The first-order chi connectivity index (χ1) is 5.54. The van der Waals surface area contributed by atoms with Crippen LogP contribution >= 0.6 is 0 Å². The van der Waals surface area contributed by atoms with Crippen LogP contribution in [0.5, 0.6) is 0 Å². The van der Waals surface area contributed by atoms with E-state index in [1.807, 2.05) is 0 Å². The van der Waals surface area contributed by atoms with Gasteiger partial charge in [-0.05, 0) is 0 Å². The number of nitrogens with two attached hydrogens (primary N) is 1. The highest BCUT2D eigenvalue weighted by Gasteiger charge is 2.28. The van der Waals surface area contributed by atoms with Gasteiger partial charge in [-0.15, -0.1) is 0 Å². The molecule has 0 aliphatic rings. The van der Waals surface area contributed by atoms with E-state index >= 15 is 0 Å². The molecule has 0 aromatic carbocycles. The Hall–Kier alpha value is -0.560. The van der Waals surface area contributed by atoms with Crippen LogP contribution in [0.2, 0.25) is 0 Å². The van der Waals surface area contributed by atoms with E-state index in [1.54, 1.807) is 0 Å². The highest BCUT2D eigenvalue weighted by molar-refractivity contribution is 5.58. The Morgan fingerprint density at radius 2 is 1.83 bits per heavy atom. The molecule has 0 radical (unpaired) electrons. The smallest absolute Gasteiger partial charge is 0.139 e. The van der Waals surface area contributed by atoms with E-state index in [4.69, 9.17) is 21.1 Å². The summed E-state index contributed by atoms with van der Waals surface area (Å²) < 4.78 is 11.7. The van der Waals surface area contributed by atoms with Gasteiger partial charge in [0.1, 0.15) is 31.3 Å². The Labute approximate surface area is 68.6 Å². The van der Waals surface area contributed by atoms with Crippen LogP contribution < -0.4 is 5.73 Å². The third kappa shape index (κ3) is 2.82. The van der Waals surface area contributed by atoms with Crippen LogP contribution in [0.3, 0.4) is 0 Å². The van der Waals surface area contributed by atoms with Gasteiger partial charge >= 0.3 is 0 Å². The summed E-state index contributed by atoms with van der Waals surface area (Å²) in [5.41, 5.74) is 5.00. The van der Waals surface area contributed by atoms with Gasteiger partial charge in [0.15, 0.2) is 0 Å². The van der Waals surface area contributed by atoms with Gasteiger partial charge < -0.3 is 25.8 Å². The maximum absolute atomic E-state index is 11.7. The number of rotatable bonds is 5. The lowest BCUT2D eigenvalue weighted by Crippen LogP contribution is -2.49. The number of aldehydes is 1. The fourth-order valence-corrected chi connectivity index (χ4v) is 0.627. The van der Waals surface area contributed by atoms with Gasteiger partial charge in [-0.25, -0.2) is 4.39 Å². The highest BCUT2D eigenvalue weighted by Crippen LogP contribution is 2.02. The molecule has 0 saturated heterocycles. The number of halogens is 1. The van der Waals surface area contributed by atoms with Crippen LogP contribution in [0, 0.1) is 0 Å². The molecule has 0 aliphatic heterocycles. The van der Waals surface area contributed by atoms with Crippen LogP contribution in [-0.4, -0.2) is 52.6 Å². The van der Waals surface area contributed by atoms with Crippen LogP contribution in [-0.2, 0) is 4.79 Å². The molecule has 12 heavy (non-hydrogen) atoms. The van der Waals surface area contributed by atoms with Crippen molar-refractivity contribution >= 4 is 6.29 Å². The second-order valence-electron chi connectivity index (χ2n) is 2.42. The first-order valence-corrected chi connectivity index (χ1v) is 3.35. The molecule has 4 atom stereocenters. The lowest BCUT2D eigenvalue weighted by Gasteiger charge is -2.22. The Kier molecular flexibility index (Phi) is 4.91. The van der Waals surface area contributed by atoms with Crippen molar-refractivity contribution in [1.82, 2.24) is 0 Å². The molecule has 0 saturated carbocycles. The molecule has 4 unspecified atom stereocenters. The summed E-state index contributed by atoms with van der Waals surface area (Å²) in [6.45, 7) is -1.20. The third-order valence-corrected chi connectivity index (χ3v) is 1.45. The zero-order chi connectivity index (χ0) is 9.72. The fourth-order valence-electron chi connectivity index (χ4n) is 0.627. The zero-order valence-corrected chi connectivity index (χ0v) is 6.30. The monoisotopic (exact) mass is 181 g/mol. The molecule has 0 aliphatic carbocycles. The maximum Gasteiger partial charge on any atom is 0.139 e. The van der Waals surface area contributed by atoms with Gasteiger partial charge in [0.05, 0.1) is 6.04 Å². The number of hydrogen-bond donors (Lipinski definition) is 4. The largest absolute Gasteiger partial charge is 0.388 e. The average Bonchev–Trinajstić information content (AvgIpc) is 2.12. The van der Waals surface area contributed by atoms with Crippen molar-refractivity contribution in [2.24, 2.45) is 5.73 Å². The van der Waals surface area contributed by atoms with E-state index in [-0.39, 0.29) is 6.29 Å². The van der Waals surface area contributed by atoms with E-state index in [2.05, 4.69) is 0 Å². The van der Waals surface area contributed by atoms with Gasteiger partial charge in [0, 0.05) is 0 Å². The Bertz CT molecular complexity index is 146. The molecule has 72 valence electrons. The SMILES string of the molecule is NC(C=O)C(O)C(O)C(O)CF. The van der Waals surface area contributed by atoms with Crippen molar-refractivity contribution in [2.75, 3.05) is 6.67 Å². The van der Waals surface area contributed by atoms with Crippen LogP contribution in [0.25, 0.3) is 0 Å². The van der Waals surface area contributed by atoms with Crippen molar-refractivity contribution in [3.63, 3.8) is 0 Å². The topological polar surface area (TPSA) is 104 Å². The molecule has 0 aromatic rings. The molecule has 0 aromatic heterocycles. The molecule has 5 N–H and O–H groups in total. The minimum atomic E-state index is -1.74. The lowest BCUT2D eigenvalue weighted by molar-refractivity contribution is -0.117. The van der Waals surface area contributed by atoms with Gasteiger partial charge in [0.2, 0.25) is 0 Å². The van der Waals surface area contributed by atoms with E-state index < -0.39 is 31.0 Å². The van der Waals surface area contributed by atoms with Crippen molar-refractivity contribution in [3.8, 4) is 0 Å². The summed E-state index contributed by atoms with van der Waals surface area (Å²) in [5.74, 6) is 0. The second-order valence-corrected chi connectivity index (χ2v) is 2.42. The predicted molar refractivity (Wildman–Crippen MR) is 38.0 cm³/mol. The van der Waals surface area contributed by atoms with Crippen LogP contribution in [0.1, 0.15) is 0 Å². The van der Waals surface area contributed by atoms with Crippen molar-refractivity contribution in [2.45, 2.75) is 24.4 Å². The molecule has 0 spiro atoms. The number of aliphatic hydroxyl groups excluding tert-OH is 3. The summed E-state index contributed by atoms with van der Waals surface area (Å²) >= 11 is 0. The summed E-state index contributed by atoms with van der Waals surface area (Å²) in [4.78, 5) is 9.99. The summed E-state index contributed by atoms with van der Waals surface area (Å²) in [7, 11) is 0. The lowest BCUT2D eigenvalue weighted by atomic mass is 10.0. The molecule has 0 amide bonds. The van der Waals surface area contributed by atoms with Gasteiger partial charge in [0.25, 0.3) is 0 Å². The minimum absolute atomic E-state index is 0.207. The first-order valence-electron chi connectivity index (χ1n) is 3.35. The molecule has 0 fully saturated rings. The van der Waals surface area contributed by atoms with E-state index in [1.165, 1.54) is 0 Å². The van der Waals surface area contributed by atoms with Crippen molar-refractivity contribution in [3.05, 3.63) is 0 Å². The molecule has 5 nitrogen and oxygen atoms in total. The summed E-state index contributed by atoms with van der Waals surface area (Å²) in [6.07, 6.45) is -4.90. The quantitative estimate of drug-likeness (QED) is 0.353. The van der Waals surface area contributed by atoms with Crippen LogP contribution in [0.15, 0.2) is 0 Å². The maximum atomic E-state index is 11.7. The van der Waals surface area contributed by atoms with Gasteiger partial charge in [-0.2, -0.15) is 0 Å². The van der Waals surface area contributed by atoms with Crippen molar-refractivity contribution in [1.29, 1.82) is 0 Å². The molecular weight excluding hydrogens is 169 g/mol. The van der Waals surface area contributed by atoms with E-state index in [9.17, 15) is 9.18 Å². The average molecular weight is 181 g/mol. The number of alkyl halides is 1. The molecule has 6 heteroatoms. The zero-order valence-electron chi connectivity index (χ0n) is 6.30. The number of hydrogen-bond acceptors (Lipinski definition) is 5. The molecular formula is C6H12FNO4. The van der Waals surface area contributed by atoms with Crippen molar-refractivity contribution < 1.29 is 24.5 Å². The standard InChI is InChI=1S/C6H12FNO4/c7-1-4(10)6(12)5(11)3(8)2-9/h2-6,10-12H,1,8H2. The normalized spacial score (nSPS) is 21.1. The number of carbonyl (C=O) groups is 1. The van der Waals surface area contributed by atoms with E-state index in [0.717, 1.165) is 0 Å². The Morgan fingerprint density at radius 1 is 1.33 bits per heavy atom. The molecule has 0 heterocycles. The fraction of sp³-hybridized carbons (Fsp3) is 0.833.